The molecule has 0 amide bonds. The lowest BCUT2D eigenvalue weighted by Gasteiger charge is -2.05. The molecule has 15 heavy (non-hydrogen) atoms. The van der Waals surface area contributed by atoms with Crippen LogP contribution in [0.25, 0.3) is 0 Å². The Balaban J connectivity index is 2.12. The van der Waals surface area contributed by atoms with E-state index in [0.29, 0.717) is 10.7 Å². The monoisotopic (exact) mass is 215 g/mol. The predicted molar refractivity (Wildman–Crippen MR) is 63.8 cm³/mol. The van der Waals surface area contributed by atoms with Gasteiger partial charge < -0.3 is 5.32 Å². The second kappa shape index (κ2) is 4.61. The molecule has 0 aliphatic carbocycles. The first-order valence-corrected chi connectivity index (χ1v) is 4.89. The van der Waals surface area contributed by atoms with Gasteiger partial charge in [0, 0.05) is 18.1 Å². The second-order valence-electron chi connectivity index (χ2n) is 2.91. The van der Waals surface area contributed by atoms with Crippen molar-refractivity contribution >= 4 is 22.9 Å². The zero-order chi connectivity index (χ0) is 10.5. The SMILES string of the molecule is S=C(Nc1ccccc1)c1cnccn1. The minimum Gasteiger partial charge on any atom is -0.345 e. The maximum Gasteiger partial charge on any atom is 0.131 e. The summed E-state index contributed by atoms with van der Waals surface area (Å²) in [6.45, 7) is 0. The Morgan fingerprint density at radius 3 is 2.60 bits per heavy atom. The molecule has 1 heterocycles. The van der Waals surface area contributed by atoms with Gasteiger partial charge in [-0.1, -0.05) is 30.4 Å². The minimum atomic E-state index is 0.578. The summed E-state index contributed by atoms with van der Waals surface area (Å²) in [5, 5.41) is 3.09. The molecule has 0 bridgehead atoms. The normalized spacial score (nSPS) is 9.60. The highest BCUT2D eigenvalue weighted by Crippen LogP contribution is 2.07. The Hall–Kier alpha value is -1.81. The average molecular weight is 215 g/mol. The maximum absolute atomic E-state index is 5.19. The van der Waals surface area contributed by atoms with Crippen molar-refractivity contribution in [2.75, 3.05) is 5.32 Å². The van der Waals surface area contributed by atoms with Gasteiger partial charge in [0.2, 0.25) is 0 Å². The molecule has 0 fully saturated rings. The number of nitrogens with one attached hydrogen (secondary N) is 1. The van der Waals surface area contributed by atoms with Gasteiger partial charge in [-0.25, -0.2) is 0 Å². The third-order valence-electron chi connectivity index (χ3n) is 1.83. The van der Waals surface area contributed by atoms with Gasteiger partial charge in [-0.15, -0.1) is 0 Å². The molecule has 0 atom stereocenters. The third-order valence-corrected chi connectivity index (χ3v) is 2.14. The number of para-hydroxylation sites is 1. The molecule has 1 N–H and O–H groups in total. The molecular weight excluding hydrogens is 206 g/mol. The summed E-state index contributed by atoms with van der Waals surface area (Å²) in [6, 6.07) is 9.74. The highest BCUT2D eigenvalue weighted by molar-refractivity contribution is 7.81. The molecule has 0 saturated carbocycles. The van der Waals surface area contributed by atoms with E-state index in [-0.39, 0.29) is 0 Å². The van der Waals surface area contributed by atoms with E-state index >= 15 is 0 Å². The average Bonchev–Trinajstić information content (AvgIpc) is 2.31. The van der Waals surface area contributed by atoms with E-state index in [1.807, 2.05) is 30.3 Å². The number of rotatable bonds is 2. The van der Waals surface area contributed by atoms with Crippen molar-refractivity contribution in [3.8, 4) is 0 Å². The van der Waals surface area contributed by atoms with Crippen molar-refractivity contribution in [2.45, 2.75) is 0 Å². The van der Waals surface area contributed by atoms with Crippen LogP contribution >= 0.6 is 12.2 Å². The molecule has 0 aliphatic heterocycles. The van der Waals surface area contributed by atoms with Gasteiger partial charge in [-0.05, 0) is 12.1 Å². The van der Waals surface area contributed by atoms with Crippen LogP contribution in [0.4, 0.5) is 5.69 Å². The lowest BCUT2D eigenvalue weighted by molar-refractivity contribution is 1.18. The van der Waals surface area contributed by atoms with E-state index < -0.39 is 0 Å². The summed E-state index contributed by atoms with van der Waals surface area (Å²) >= 11 is 5.19. The van der Waals surface area contributed by atoms with E-state index in [1.54, 1.807) is 18.6 Å². The van der Waals surface area contributed by atoms with Crippen LogP contribution in [0.1, 0.15) is 5.69 Å². The van der Waals surface area contributed by atoms with E-state index in [9.17, 15) is 0 Å². The smallest absolute Gasteiger partial charge is 0.131 e. The summed E-state index contributed by atoms with van der Waals surface area (Å²) in [4.78, 5) is 8.64. The molecule has 0 radical (unpaired) electrons. The Morgan fingerprint density at radius 1 is 1.13 bits per heavy atom. The molecule has 0 saturated heterocycles. The number of nitrogens with zero attached hydrogens (tertiary/aromatic N) is 2. The molecule has 4 heteroatoms. The zero-order valence-electron chi connectivity index (χ0n) is 7.92. The van der Waals surface area contributed by atoms with Crippen molar-refractivity contribution in [1.29, 1.82) is 0 Å². The fraction of sp³-hybridized carbons (Fsp3) is 0. The van der Waals surface area contributed by atoms with Gasteiger partial charge in [-0.2, -0.15) is 0 Å². The highest BCUT2D eigenvalue weighted by atomic mass is 32.1. The summed E-state index contributed by atoms with van der Waals surface area (Å²) in [7, 11) is 0. The van der Waals surface area contributed by atoms with Crippen molar-refractivity contribution < 1.29 is 0 Å². The molecule has 0 spiro atoms. The summed E-state index contributed by atoms with van der Waals surface area (Å²) < 4.78 is 0. The van der Waals surface area contributed by atoms with Crippen molar-refractivity contribution in [1.82, 2.24) is 9.97 Å². The Morgan fingerprint density at radius 2 is 1.93 bits per heavy atom. The molecule has 3 nitrogen and oxygen atoms in total. The van der Waals surface area contributed by atoms with Gasteiger partial charge in [0.15, 0.2) is 0 Å². The number of hydrogen-bond donors (Lipinski definition) is 1. The van der Waals surface area contributed by atoms with Gasteiger partial charge in [0.05, 0.1) is 6.20 Å². The van der Waals surface area contributed by atoms with Crippen LogP contribution in [0.3, 0.4) is 0 Å². The predicted octanol–water partition coefficient (Wildman–Crippen LogP) is 2.26. The standard InChI is InChI=1S/C11H9N3S/c15-11(10-8-12-6-7-13-10)14-9-4-2-1-3-5-9/h1-8H,(H,14,15). The fourth-order valence-corrected chi connectivity index (χ4v) is 1.36. The lowest BCUT2D eigenvalue weighted by Crippen LogP contribution is -2.12. The molecule has 1 aromatic carbocycles. The minimum absolute atomic E-state index is 0.578. The largest absolute Gasteiger partial charge is 0.345 e. The highest BCUT2D eigenvalue weighted by Gasteiger charge is 2.01. The molecule has 2 rings (SSSR count). The number of anilines is 1. The van der Waals surface area contributed by atoms with Crippen molar-refractivity contribution in [3.05, 3.63) is 54.6 Å². The van der Waals surface area contributed by atoms with Crippen molar-refractivity contribution in [2.24, 2.45) is 0 Å². The van der Waals surface area contributed by atoms with Crippen LogP contribution in [-0.4, -0.2) is 15.0 Å². The number of benzene rings is 1. The Kier molecular flexibility index (Phi) is 2.99. The van der Waals surface area contributed by atoms with Crippen LogP contribution in [0.2, 0.25) is 0 Å². The summed E-state index contributed by atoms with van der Waals surface area (Å²) in [5.74, 6) is 0. The molecular formula is C11H9N3S. The van der Waals surface area contributed by atoms with E-state index in [2.05, 4.69) is 15.3 Å². The first-order chi connectivity index (χ1) is 7.36. The fourth-order valence-electron chi connectivity index (χ4n) is 1.13. The zero-order valence-corrected chi connectivity index (χ0v) is 8.74. The van der Waals surface area contributed by atoms with E-state index in [0.717, 1.165) is 5.69 Å². The number of thiocarbonyl (C=S) groups is 1. The quantitative estimate of drug-likeness (QED) is 0.780. The van der Waals surface area contributed by atoms with Crippen LogP contribution < -0.4 is 5.32 Å². The van der Waals surface area contributed by atoms with Gasteiger partial charge in [0.25, 0.3) is 0 Å². The number of aromatic nitrogens is 2. The van der Waals surface area contributed by atoms with Crippen LogP contribution in [0.15, 0.2) is 48.9 Å². The molecule has 2 aromatic rings. The number of hydrogen-bond acceptors (Lipinski definition) is 3. The van der Waals surface area contributed by atoms with E-state index in [4.69, 9.17) is 12.2 Å². The maximum atomic E-state index is 5.19. The Bertz CT molecular complexity index is 442. The molecule has 74 valence electrons. The Labute approximate surface area is 93.2 Å². The van der Waals surface area contributed by atoms with E-state index in [1.165, 1.54) is 0 Å². The summed E-state index contributed by atoms with van der Waals surface area (Å²) in [6.07, 6.45) is 4.88. The van der Waals surface area contributed by atoms with Gasteiger partial charge >= 0.3 is 0 Å². The van der Waals surface area contributed by atoms with Crippen molar-refractivity contribution in [3.63, 3.8) is 0 Å². The van der Waals surface area contributed by atoms with Gasteiger partial charge in [-0.3, -0.25) is 9.97 Å². The summed E-state index contributed by atoms with van der Waals surface area (Å²) in [5.41, 5.74) is 1.63. The van der Waals surface area contributed by atoms with Gasteiger partial charge in [0.1, 0.15) is 10.7 Å². The molecule has 1 aromatic heterocycles. The van der Waals surface area contributed by atoms with Crippen LogP contribution in [0.5, 0.6) is 0 Å². The molecule has 0 aliphatic rings. The molecule has 0 unspecified atom stereocenters. The third kappa shape index (κ3) is 2.57. The topological polar surface area (TPSA) is 37.8 Å². The lowest BCUT2D eigenvalue weighted by atomic mass is 10.3. The first kappa shape index (κ1) is 9.73. The second-order valence-corrected chi connectivity index (χ2v) is 3.32. The van der Waals surface area contributed by atoms with Crippen LogP contribution in [0, 0.1) is 0 Å². The first-order valence-electron chi connectivity index (χ1n) is 4.49. The van der Waals surface area contributed by atoms with Crippen LogP contribution in [-0.2, 0) is 0 Å².